The van der Waals surface area contributed by atoms with E-state index < -0.39 is 0 Å². The molecule has 1 aromatic carbocycles. The molecule has 3 nitrogen and oxygen atoms in total. The Labute approximate surface area is 142 Å². The maximum Gasteiger partial charge on any atom is 0.191 e. The van der Waals surface area contributed by atoms with Crippen molar-refractivity contribution in [2.75, 3.05) is 0 Å². The molecule has 1 aliphatic rings. The topological polar surface area (TPSA) is 30.7 Å². The molecule has 4 rings (SSSR count). The number of rotatable bonds is 6. The van der Waals surface area contributed by atoms with Crippen molar-refractivity contribution in [2.24, 2.45) is 0 Å². The Morgan fingerprint density at radius 3 is 2.78 bits per heavy atom. The zero-order valence-electron chi connectivity index (χ0n) is 12.5. The van der Waals surface area contributed by atoms with E-state index in [1.54, 1.807) is 29.2 Å². The van der Waals surface area contributed by atoms with Crippen LogP contribution < -0.4 is 0 Å². The minimum Gasteiger partial charge on any atom is -0.303 e. The fourth-order valence-electron chi connectivity index (χ4n) is 2.55. The summed E-state index contributed by atoms with van der Waals surface area (Å²) in [6.45, 7) is 0. The summed E-state index contributed by atoms with van der Waals surface area (Å²) < 4.78 is 16.0. The summed E-state index contributed by atoms with van der Waals surface area (Å²) in [6.07, 6.45) is 3.19. The molecule has 0 N–H and O–H groups in total. The largest absolute Gasteiger partial charge is 0.303 e. The van der Waals surface area contributed by atoms with E-state index in [1.807, 2.05) is 12.1 Å². The number of thiophene rings is 1. The zero-order chi connectivity index (χ0) is 15.6. The number of thioether (sulfide) groups is 1. The Kier molecular flexibility index (Phi) is 4.18. The highest BCUT2D eigenvalue weighted by Crippen LogP contribution is 2.39. The molecule has 0 spiro atoms. The van der Waals surface area contributed by atoms with Gasteiger partial charge in [-0.05, 0) is 35.9 Å². The second-order valence-corrected chi connectivity index (χ2v) is 7.61. The van der Waals surface area contributed by atoms with Gasteiger partial charge in [0.2, 0.25) is 0 Å². The van der Waals surface area contributed by atoms with Gasteiger partial charge in [-0.2, -0.15) is 0 Å². The number of benzene rings is 1. The van der Waals surface area contributed by atoms with Crippen molar-refractivity contribution in [2.45, 2.75) is 36.2 Å². The number of hydrogen-bond acceptors (Lipinski definition) is 4. The Morgan fingerprint density at radius 2 is 2.04 bits per heavy atom. The van der Waals surface area contributed by atoms with Gasteiger partial charge in [0, 0.05) is 23.1 Å². The van der Waals surface area contributed by atoms with Gasteiger partial charge in [-0.25, -0.2) is 4.39 Å². The minimum atomic E-state index is -0.156. The van der Waals surface area contributed by atoms with Crippen molar-refractivity contribution in [1.29, 1.82) is 0 Å². The van der Waals surface area contributed by atoms with Crippen molar-refractivity contribution in [3.8, 4) is 0 Å². The highest BCUT2D eigenvalue weighted by molar-refractivity contribution is 7.98. The molecule has 6 heteroatoms. The van der Waals surface area contributed by atoms with Gasteiger partial charge < -0.3 is 4.57 Å². The normalized spacial score (nSPS) is 14.3. The maximum absolute atomic E-state index is 13.8. The number of aromatic nitrogens is 3. The Bertz CT molecular complexity index is 794. The Balaban J connectivity index is 1.54. The molecular weight excluding hydrogens is 329 g/mol. The van der Waals surface area contributed by atoms with Crippen LogP contribution in [0.4, 0.5) is 4.39 Å². The lowest BCUT2D eigenvalue weighted by Gasteiger charge is -2.08. The molecule has 1 fully saturated rings. The predicted octanol–water partition coefficient (Wildman–Crippen LogP) is 4.70. The van der Waals surface area contributed by atoms with Crippen LogP contribution in [0.25, 0.3) is 0 Å². The average molecular weight is 345 g/mol. The first-order valence-electron chi connectivity index (χ1n) is 7.63. The smallest absolute Gasteiger partial charge is 0.191 e. The summed E-state index contributed by atoms with van der Waals surface area (Å²) in [6, 6.07) is 11.6. The third-order valence-electron chi connectivity index (χ3n) is 3.87. The van der Waals surface area contributed by atoms with Crippen molar-refractivity contribution in [1.82, 2.24) is 14.8 Å². The van der Waals surface area contributed by atoms with Gasteiger partial charge in [-0.3, -0.25) is 0 Å². The van der Waals surface area contributed by atoms with E-state index in [-0.39, 0.29) is 5.82 Å². The molecule has 1 aliphatic carbocycles. The third-order valence-corrected chi connectivity index (χ3v) is 5.74. The molecule has 3 aromatic rings. The maximum atomic E-state index is 13.8. The molecule has 0 saturated heterocycles. The predicted molar refractivity (Wildman–Crippen MR) is 91.4 cm³/mol. The quantitative estimate of drug-likeness (QED) is 0.607. The number of nitrogens with zero attached hydrogens (tertiary/aromatic N) is 3. The van der Waals surface area contributed by atoms with E-state index in [0.717, 1.165) is 17.4 Å². The van der Waals surface area contributed by atoms with Gasteiger partial charge in [0.1, 0.15) is 11.6 Å². The van der Waals surface area contributed by atoms with Crippen LogP contribution in [0, 0.1) is 5.82 Å². The van der Waals surface area contributed by atoms with Crippen LogP contribution in [-0.2, 0) is 12.2 Å². The molecule has 2 heterocycles. The van der Waals surface area contributed by atoms with E-state index in [4.69, 9.17) is 0 Å². The van der Waals surface area contributed by atoms with Crippen LogP contribution in [0.2, 0.25) is 0 Å². The van der Waals surface area contributed by atoms with E-state index in [2.05, 4.69) is 32.3 Å². The summed E-state index contributed by atoms with van der Waals surface area (Å²) in [4.78, 5) is 1.30. The molecule has 0 unspecified atom stereocenters. The molecule has 0 amide bonds. The lowest BCUT2D eigenvalue weighted by Crippen LogP contribution is -2.03. The summed E-state index contributed by atoms with van der Waals surface area (Å²) in [5.74, 6) is 1.44. The summed E-state index contributed by atoms with van der Waals surface area (Å²) in [7, 11) is 0. The van der Waals surface area contributed by atoms with Crippen molar-refractivity contribution >= 4 is 23.1 Å². The summed E-state index contributed by atoms with van der Waals surface area (Å²) in [5.41, 5.74) is 0.711. The summed E-state index contributed by atoms with van der Waals surface area (Å²) >= 11 is 3.31. The highest BCUT2D eigenvalue weighted by atomic mass is 32.2. The van der Waals surface area contributed by atoms with Crippen molar-refractivity contribution in [3.63, 3.8) is 0 Å². The fourth-order valence-corrected chi connectivity index (χ4v) is 4.26. The summed E-state index contributed by atoms with van der Waals surface area (Å²) in [5, 5.41) is 11.7. The monoisotopic (exact) mass is 345 g/mol. The van der Waals surface area contributed by atoms with Crippen LogP contribution in [0.3, 0.4) is 0 Å². The Morgan fingerprint density at radius 1 is 1.17 bits per heavy atom. The molecule has 1 saturated carbocycles. The number of hydrogen-bond donors (Lipinski definition) is 0. The van der Waals surface area contributed by atoms with Gasteiger partial charge >= 0.3 is 0 Å². The highest BCUT2D eigenvalue weighted by Gasteiger charge is 2.29. The van der Waals surface area contributed by atoms with Crippen LogP contribution >= 0.6 is 23.1 Å². The zero-order valence-corrected chi connectivity index (χ0v) is 14.1. The van der Waals surface area contributed by atoms with Crippen molar-refractivity contribution < 1.29 is 4.39 Å². The SMILES string of the molecule is Fc1ccccc1CSc1nnc(Cc2cccs2)n1C1CC1. The second-order valence-electron chi connectivity index (χ2n) is 5.64. The first kappa shape index (κ1) is 14.9. The van der Waals surface area contributed by atoms with E-state index >= 15 is 0 Å². The molecule has 0 aliphatic heterocycles. The van der Waals surface area contributed by atoms with Gasteiger partial charge in [0.05, 0.1) is 0 Å². The molecule has 2 aromatic heterocycles. The van der Waals surface area contributed by atoms with Gasteiger partial charge in [-0.1, -0.05) is 36.0 Å². The van der Waals surface area contributed by atoms with Gasteiger partial charge in [0.25, 0.3) is 0 Å². The van der Waals surface area contributed by atoms with E-state index in [9.17, 15) is 4.39 Å². The van der Waals surface area contributed by atoms with Gasteiger partial charge in [-0.15, -0.1) is 21.5 Å². The Hall–Kier alpha value is -1.66. The van der Waals surface area contributed by atoms with Crippen LogP contribution in [0.5, 0.6) is 0 Å². The van der Waals surface area contributed by atoms with E-state index in [0.29, 0.717) is 17.4 Å². The minimum absolute atomic E-state index is 0.156. The average Bonchev–Trinajstić information content (AvgIpc) is 3.11. The lowest BCUT2D eigenvalue weighted by atomic mass is 10.2. The van der Waals surface area contributed by atoms with Crippen LogP contribution in [-0.4, -0.2) is 14.8 Å². The third kappa shape index (κ3) is 3.33. The molecule has 0 bridgehead atoms. The van der Waals surface area contributed by atoms with Crippen LogP contribution in [0.15, 0.2) is 46.9 Å². The van der Waals surface area contributed by atoms with Crippen molar-refractivity contribution in [3.05, 3.63) is 63.9 Å². The van der Waals surface area contributed by atoms with Crippen LogP contribution in [0.1, 0.15) is 35.1 Å². The molecule has 0 atom stereocenters. The number of halogens is 1. The fraction of sp³-hybridized carbons (Fsp3) is 0.294. The lowest BCUT2D eigenvalue weighted by molar-refractivity contribution is 0.616. The molecular formula is C17H16FN3S2. The molecule has 0 radical (unpaired) electrons. The molecule has 23 heavy (non-hydrogen) atoms. The molecule has 118 valence electrons. The second kappa shape index (κ2) is 6.45. The standard InChI is InChI=1S/C17H16FN3S2/c18-15-6-2-1-4-12(15)11-23-17-20-19-16(21(17)13-7-8-13)10-14-5-3-9-22-14/h1-6,9,13H,7-8,10-11H2. The van der Waals surface area contributed by atoms with E-state index in [1.165, 1.54) is 23.8 Å². The van der Waals surface area contributed by atoms with Gasteiger partial charge in [0.15, 0.2) is 5.16 Å². The first-order valence-corrected chi connectivity index (χ1v) is 9.50. The first-order chi connectivity index (χ1) is 11.3.